The summed E-state index contributed by atoms with van der Waals surface area (Å²) in [6.45, 7) is 7.63. The van der Waals surface area contributed by atoms with E-state index in [1.54, 1.807) is 42.7 Å². The van der Waals surface area contributed by atoms with Crippen molar-refractivity contribution in [2.75, 3.05) is 11.9 Å². The molecule has 0 saturated carbocycles. The Morgan fingerprint density at radius 3 is 2.55 bits per heavy atom. The molecule has 166 valence electrons. The Kier molecular flexibility index (Phi) is 6.07. The maximum Gasteiger partial charge on any atom is 0.333 e. The highest BCUT2D eigenvalue weighted by molar-refractivity contribution is 5.98. The normalized spacial score (nSPS) is 10.8. The highest BCUT2D eigenvalue weighted by atomic mass is 16.2. The summed E-state index contributed by atoms with van der Waals surface area (Å²) in [4.78, 5) is 53.5. The third-order valence-corrected chi connectivity index (χ3v) is 4.94. The largest absolute Gasteiger partial charge is 0.363 e. The van der Waals surface area contributed by atoms with E-state index in [-0.39, 0.29) is 36.6 Å². The van der Waals surface area contributed by atoms with Crippen LogP contribution in [0.25, 0.3) is 22.6 Å². The number of H-pyrrole nitrogens is 1. The average Bonchev–Trinajstić information content (AvgIpc) is 3.29. The lowest BCUT2D eigenvalue weighted by Gasteiger charge is -2.07. The third kappa shape index (κ3) is 4.26. The van der Waals surface area contributed by atoms with E-state index in [1.165, 1.54) is 16.8 Å². The lowest BCUT2D eigenvalue weighted by molar-refractivity contribution is 0.101. The molecule has 0 amide bonds. The van der Waals surface area contributed by atoms with Crippen LogP contribution in [0.3, 0.4) is 0 Å². The number of carbonyl (C=O) groups is 1. The van der Waals surface area contributed by atoms with Crippen LogP contribution in [0.5, 0.6) is 0 Å². The number of nitrogens with one attached hydrogen (secondary N) is 2. The summed E-state index contributed by atoms with van der Waals surface area (Å²) < 4.78 is 2.46. The van der Waals surface area contributed by atoms with E-state index in [2.05, 4.69) is 38.4 Å². The van der Waals surface area contributed by atoms with Crippen LogP contribution in [-0.2, 0) is 13.1 Å². The molecular weight excluding hydrogens is 422 g/mol. The van der Waals surface area contributed by atoms with Crippen LogP contribution in [-0.4, -0.2) is 41.4 Å². The van der Waals surface area contributed by atoms with Crippen molar-refractivity contribution in [3.05, 3.63) is 94.6 Å². The zero-order chi connectivity index (χ0) is 23.4. The van der Waals surface area contributed by atoms with E-state index in [4.69, 9.17) is 0 Å². The van der Waals surface area contributed by atoms with Gasteiger partial charge in [0.1, 0.15) is 17.2 Å². The SMILES string of the molecule is C=CCn1c(=O)c2[nH]c(-c3ccc(NCC(=O)c4cccnc4)nc3)nc2n(CC=C)c1=O. The zero-order valence-corrected chi connectivity index (χ0v) is 17.7. The second-order valence-electron chi connectivity index (χ2n) is 7.12. The van der Waals surface area contributed by atoms with Gasteiger partial charge < -0.3 is 10.3 Å². The standard InChI is InChI=1S/C23H21N7O3/c1-3-10-29-21-19(22(32)30(11-4-2)23(29)33)27-20(28-21)16-7-8-18(25-13-16)26-14-17(31)15-6-5-9-24-12-15/h3-9,12-13H,1-2,10-11,14H2,(H,25,26)(H,27,28). The van der Waals surface area contributed by atoms with Gasteiger partial charge in [-0.1, -0.05) is 12.2 Å². The van der Waals surface area contributed by atoms with Crippen LogP contribution in [0.2, 0.25) is 0 Å². The topological polar surface area (TPSA) is 128 Å². The van der Waals surface area contributed by atoms with Crippen LogP contribution in [0.1, 0.15) is 10.4 Å². The van der Waals surface area contributed by atoms with Gasteiger partial charge in [0.05, 0.1) is 6.54 Å². The van der Waals surface area contributed by atoms with E-state index < -0.39 is 11.2 Å². The smallest absolute Gasteiger partial charge is 0.333 e. The molecule has 4 rings (SSSR count). The molecular formula is C23H21N7O3. The van der Waals surface area contributed by atoms with Gasteiger partial charge in [-0.25, -0.2) is 14.8 Å². The van der Waals surface area contributed by atoms with E-state index in [1.807, 2.05) is 0 Å². The number of rotatable bonds is 9. The van der Waals surface area contributed by atoms with Gasteiger partial charge in [-0.15, -0.1) is 13.2 Å². The van der Waals surface area contributed by atoms with Crippen LogP contribution in [0.4, 0.5) is 5.82 Å². The fraction of sp³-hybridized carbons (Fsp3) is 0.130. The predicted octanol–water partition coefficient (Wildman–Crippen LogP) is 2.01. The molecule has 0 aliphatic heterocycles. The highest BCUT2D eigenvalue weighted by Gasteiger charge is 2.17. The second-order valence-corrected chi connectivity index (χ2v) is 7.12. The van der Waals surface area contributed by atoms with Crippen LogP contribution in [0.15, 0.2) is 77.8 Å². The number of imidazole rings is 1. The predicted molar refractivity (Wildman–Crippen MR) is 125 cm³/mol. The van der Waals surface area contributed by atoms with E-state index >= 15 is 0 Å². The molecule has 0 unspecified atom stereocenters. The Bertz CT molecular complexity index is 1450. The molecule has 0 aromatic carbocycles. The van der Waals surface area contributed by atoms with Crippen molar-refractivity contribution in [1.29, 1.82) is 0 Å². The van der Waals surface area contributed by atoms with E-state index in [9.17, 15) is 14.4 Å². The first-order valence-electron chi connectivity index (χ1n) is 10.1. The number of nitrogens with zero attached hydrogens (tertiary/aromatic N) is 5. The number of aromatic nitrogens is 6. The minimum absolute atomic E-state index is 0.0688. The van der Waals surface area contributed by atoms with Gasteiger partial charge in [-0.2, -0.15) is 0 Å². The highest BCUT2D eigenvalue weighted by Crippen LogP contribution is 2.19. The molecule has 0 spiro atoms. The number of pyridine rings is 2. The molecule has 10 nitrogen and oxygen atoms in total. The minimum Gasteiger partial charge on any atom is -0.363 e. The van der Waals surface area contributed by atoms with Crippen molar-refractivity contribution in [1.82, 2.24) is 29.1 Å². The van der Waals surface area contributed by atoms with Crippen molar-refractivity contribution in [3.8, 4) is 11.4 Å². The number of ketones is 1. The molecule has 0 bridgehead atoms. The summed E-state index contributed by atoms with van der Waals surface area (Å²) in [6.07, 6.45) is 7.73. The molecule has 0 atom stereocenters. The first kappa shape index (κ1) is 21.6. The van der Waals surface area contributed by atoms with Gasteiger partial charge in [0, 0.05) is 42.8 Å². The second kappa shape index (κ2) is 9.27. The van der Waals surface area contributed by atoms with Gasteiger partial charge in [0.15, 0.2) is 11.4 Å². The molecule has 0 aliphatic rings. The molecule has 0 aliphatic carbocycles. The Morgan fingerprint density at radius 2 is 1.88 bits per heavy atom. The minimum atomic E-state index is -0.485. The zero-order valence-electron chi connectivity index (χ0n) is 17.7. The fourth-order valence-electron chi connectivity index (χ4n) is 3.33. The number of aromatic amines is 1. The van der Waals surface area contributed by atoms with Gasteiger partial charge in [-0.3, -0.25) is 23.7 Å². The quantitative estimate of drug-likeness (QED) is 0.299. The number of hydrogen-bond donors (Lipinski definition) is 2. The average molecular weight is 443 g/mol. The van der Waals surface area contributed by atoms with E-state index in [0.717, 1.165) is 4.57 Å². The first-order chi connectivity index (χ1) is 16.0. The number of carbonyl (C=O) groups excluding carboxylic acids is 1. The Morgan fingerprint density at radius 1 is 1.09 bits per heavy atom. The molecule has 4 heterocycles. The molecule has 4 aromatic rings. The van der Waals surface area contributed by atoms with Crippen LogP contribution >= 0.6 is 0 Å². The van der Waals surface area contributed by atoms with Crippen molar-refractivity contribution in [2.45, 2.75) is 13.1 Å². The maximum atomic E-state index is 12.8. The number of hydrogen-bond acceptors (Lipinski definition) is 7. The Balaban J connectivity index is 1.62. The van der Waals surface area contributed by atoms with E-state index in [0.29, 0.717) is 22.8 Å². The summed E-state index contributed by atoms with van der Waals surface area (Å²) >= 11 is 0. The van der Waals surface area contributed by atoms with Gasteiger partial charge >= 0.3 is 5.69 Å². The molecule has 4 aromatic heterocycles. The van der Waals surface area contributed by atoms with Crippen LogP contribution in [0, 0.1) is 0 Å². The summed E-state index contributed by atoms with van der Waals surface area (Å²) in [5.41, 5.74) is 0.608. The number of allylic oxidation sites excluding steroid dienone is 2. The van der Waals surface area contributed by atoms with Gasteiger partial charge in [0.25, 0.3) is 5.56 Å². The molecule has 2 N–H and O–H groups in total. The third-order valence-electron chi connectivity index (χ3n) is 4.94. The monoisotopic (exact) mass is 443 g/mol. The van der Waals surface area contributed by atoms with Gasteiger partial charge in [-0.05, 0) is 24.3 Å². The lowest BCUT2D eigenvalue weighted by atomic mass is 10.2. The summed E-state index contributed by atoms with van der Waals surface area (Å²) in [5, 5.41) is 2.97. The Labute approximate surface area is 188 Å². The molecule has 0 radical (unpaired) electrons. The number of Topliss-reactive ketones (excluding diaryl/α,β-unsaturated/α-hetero) is 1. The van der Waals surface area contributed by atoms with Crippen molar-refractivity contribution >= 4 is 22.8 Å². The summed E-state index contributed by atoms with van der Waals surface area (Å²) in [7, 11) is 0. The van der Waals surface area contributed by atoms with Crippen molar-refractivity contribution in [2.24, 2.45) is 0 Å². The summed E-state index contributed by atoms with van der Waals surface area (Å²) in [5.74, 6) is 0.785. The molecule has 0 saturated heterocycles. The van der Waals surface area contributed by atoms with Crippen molar-refractivity contribution < 1.29 is 4.79 Å². The Hall–Kier alpha value is -4.60. The lowest BCUT2D eigenvalue weighted by Crippen LogP contribution is -2.39. The fourth-order valence-corrected chi connectivity index (χ4v) is 3.33. The van der Waals surface area contributed by atoms with Crippen molar-refractivity contribution in [3.63, 3.8) is 0 Å². The number of fused-ring (bicyclic) bond motifs is 1. The van der Waals surface area contributed by atoms with Crippen LogP contribution < -0.4 is 16.6 Å². The maximum absolute atomic E-state index is 12.8. The first-order valence-corrected chi connectivity index (χ1v) is 10.1. The number of anilines is 1. The molecule has 33 heavy (non-hydrogen) atoms. The molecule has 10 heteroatoms. The molecule has 0 fully saturated rings. The summed E-state index contributed by atoms with van der Waals surface area (Å²) in [6, 6.07) is 6.85. The van der Waals surface area contributed by atoms with Gasteiger partial charge in [0.2, 0.25) is 0 Å².